The molecule has 5 rings (SSSR count). The number of aromatic nitrogens is 6. The Hall–Kier alpha value is -3.37. The molecule has 4 aromatic rings. The molecule has 2 N–H and O–H groups in total. The Morgan fingerprint density at radius 3 is 2.87 bits per heavy atom. The minimum absolute atomic E-state index is 0.129. The average Bonchev–Trinajstić information content (AvgIpc) is 3.48. The van der Waals surface area contributed by atoms with Crippen LogP contribution in [-0.4, -0.2) is 49.3 Å². The van der Waals surface area contributed by atoms with Crippen LogP contribution in [0.1, 0.15) is 23.6 Å². The molecule has 0 aromatic carbocycles. The standard InChI is InChI=1S/C20H21N7O3/c1-12-5-6-16(30-12)17-18-19(24-20(21)23-17)27(26-25-18)9-13-3-2-4-14(22-13)10-29-15-7-8-28-11-15/h2-6,15H,7-11H2,1H3,(H2,21,23,24)/t15-/m0/s1. The van der Waals surface area contributed by atoms with E-state index < -0.39 is 0 Å². The number of nitrogen functional groups attached to an aromatic ring is 1. The van der Waals surface area contributed by atoms with Gasteiger partial charge in [0.15, 0.2) is 16.9 Å². The summed E-state index contributed by atoms with van der Waals surface area (Å²) in [5.74, 6) is 1.48. The summed E-state index contributed by atoms with van der Waals surface area (Å²) in [6.07, 6.45) is 1.06. The van der Waals surface area contributed by atoms with E-state index in [9.17, 15) is 0 Å². The van der Waals surface area contributed by atoms with Crippen molar-refractivity contribution in [3.05, 3.63) is 47.5 Å². The zero-order valence-corrected chi connectivity index (χ0v) is 16.5. The molecule has 0 spiro atoms. The molecule has 154 valence electrons. The first kappa shape index (κ1) is 18.6. The van der Waals surface area contributed by atoms with Crippen molar-refractivity contribution in [2.75, 3.05) is 18.9 Å². The van der Waals surface area contributed by atoms with Gasteiger partial charge < -0.3 is 19.6 Å². The maximum atomic E-state index is 5.94. The van der Waals surface area contributed by atoms with Crippen LogP contribution in [0.25, 0.3) is 22.6 Å². The number of hydrogen-bond donors (Lipinski definition) is 1. The van der Waals surface area contributed by atoms with Gasteiger partial charge >= 0.3 is 0 Å². The summed E-state index contributed by atoms with van der Waals surface area (Å²) in [6, 6.07) is 9.51. The van der Waals surface area contributed by atoms with Crippen LogP contribution in [-0.2, 0) is 22.6 Å². The smallest absolute Gasteiger partial charge is 0.222 e. The third-order valence-electron chi connectivity index (χ3n) is 4.88. The van der Waals surface area contributed by atoms with Crippen LogP contribution in [0.2, 0.25) is 0 Å². The van der Waals surface area contributed by atoms with Crippen LogP contribution in [0.15, 0.2) is 34.7 Å². The molecule has 1 fully saturated rings. The highest BCUT2D eigenvalue weighted by molar-refractivity contribution is 5.86. The van der Waals surface area contributed by atoms with E-state index in [0.29, 0.717) is 42.4 Å². The second-order valence-corrected chi connectivity index (χ2v) is 7.18. The van der Waals surface area contributed by atoms with Crippen molar-refractivity contribution in [2.24, 2.45) is 0 Å². The largest absolute Gasteiger partial charge is 0.460 e. The van der Waals surface area contributed by atoms with E-state index in [1.54, 1.807) is 4.68 Å². The van der Waals surface area contributed by atoms with Gasteiger partial charge in [0.25, 0.3) is 0 Å². The Bertz CT molecular complexity index is 1180. The van der Waals surface area contributed by atoms with Crippen molar-refractivity contribution in [1.82, 2.24) is 29.9 Å². The van der Waals surface area contributed by atoms with Gasteiger partial charge in [-0.15, -0.1) is 5.10 Å². The molecule has 0 bridgehead atoms. The fourth-order valence-electron chi connectivity index (χ4n) is 3.41. The van der Waals surface area contributed by atoms with Gasteiger partial charge in [-0.2, -0.15) is 4.98 Å². The Morgan fingerprint density at radius 1 is 1.17 bits per heavy atom. The lowest BCUT2D eigenvalue weighted by molar-refractivity contribution is 0.0301. The lowest BCUT2D eigenvalue weighted by atomic mass is 10.2. The topological polar surface area (TPSA) is 127 Å². The van der Waals surface area contributed by atoms with Crippen molar-refractivity contribution in [3.8, 4) is 11.5 Å². The molecule has 1 atom stereocenters. The number of anilines is 1. The van der Waals surface area contributed by atoms with E-state index in [4.69, 9.17) is 19.6 Å². The molecule has 0 amide bonds. The number of rotatable bonds is 6. The van der Waals surface area contributed by atoms with Gasteiger partial charge in [0.2, 0.25) is 5.95 Å². The van der Waals surface area contributed by atoms with Crippen LogP contribution in [0.4, 0.5) is 5.95 Å². The summed E-state index contributed by atoms with van der Waals surface area (Å²) < 4.78 is 18.5. The summed E-state index contributed by atoms with van der Waals surface area (Å²) in [7, 11) is 0. The van der Waals surface area contributed by atoms with Crippen molar-refractivity contribution in [3.63, 3.8) is 0 Å². The molecular formula is C20H21N7O3. The molecule has 0 radical (unpaired) electrons. The van der Waals surface area contributed by atoms with Crippen LogP contribution < -0.4 is 5.73 Å². The van der Waals surface area contributed by atoms with E-state index in [2.05, 4.69) is 25.3 Å². The summed E-state index contributed by atoms with van der Waals surface area (Å²) in [5, 5.41) is 8.50. The van der Waals surface area contributed by atoms with Crippen LogP contribution in [0.5, 0.6) is 0 Å². The summed E-state index contributed by atoms with van der Waals surface area (Å²) in [6.45, 7) is 4.09. The zero-order chi connectivity index (χ0) is 20.5. The highest BCUT2D eigenvalue weighted by atomic mass is 16.5. The molecule has 30 heavy (non-hydrogen) atoms. The van der Waals surface area contributed by atoms with E-state index in [-0.39, 0.29) is 12.1 Å². The number of pyridine rings is 1. The normalized spacial score (nSPS) is 16.5. The molecular weight excluding hydrogens is 386 g/mol. The van der Waals surface area contributed by atoms with Gasteiger partial charge in [0.1, 0.15) is 11.5 Å². The highest BCUT2D eigenvalue weighted by Gasteiger charge is 2.19. The molecule has 1 aliphatic heterocycles. The average molecular weight is 407 g/mol. The molecule has 1 saturated heterocycles. The quantitative estimate of drug-likeness (QED) is 0.511. The van der Waals surface area contributed by atoms with Crippen molar-refractivity contribution >= 4 is 17.1 Å². The number of hydrogen-bond acceptors (Lipinski definition) is 9. The lowest BCUT2D eigenvalue weighted by Gasteiger charge is -2.10. The van der Waals surface area contributed by atoms with E-state index in [1.807, 2.05) is 37.3 Å². The Morgan fingerprint density at radius 2 is 2.07 bits per heavy atom. The highest BCUT2D eigenvalue weighted by Crippen LogP contribution is 2.27. The van der Waals surface area contributed by atoms with Gasteiger partial charge in [-0.1, -0.05) is 11.3 Å². The van der Waals surface area contributed by atoms with Crippen molar-refractivity contribution in [2.45, 2.75) is 32.6 Å². The van der Waals surface area contributed by atoms with Crippen LogP contribution in [0.3, 0.4) is 0 Å². The lowest BCUT2D eigenvalue weighted by Crippen LogP contribution is -2.13. The summed E-state index contributed by atoms with van der Waals surface area (Å²) in [5.41, 5.74) is 9.18. The van der Waals surface area contributed by atoms with Gasteiger partial charge in [-0.3, -0.25) is 4.98 Å². The number of nitrogens with zero attached hydrogens (tertiary/aromatic N) is 6. The van der Waals surface area contributed by atoms with Crippen molar-refractivity contribution < 1.29 is 13.9 Å². The van der Waals surface area contributed by atoms with Crippen LogP contribution in [0, 0.1) is 6.92 Å². The number of aryl methyl sites for hydroxylation is 1. The molecule has 0 saturated carbocycles. The van der Waals surface area contributed by atoms with Gasteiger partial charge in [0, 0.05) is 6.61 Å². The minimum atomic E-state index is 0.129. The fourth-order valence-corrected chi connectivity index (χ4v) is 3.41. The third-order valence-corrected chi connectivity index (χ3v) is 4.88. The molecule has 5 heterocycles. The van der Waals surface area contributed by atoms with Crippen LogP contribution >= 0.6 is 0 Å². The van der Waals surface area contributed by atoms with Gasteiger partial charge in [0.05, 0.1) is 37.3 Å². The Kier molecular flexibility index (Phi) is 4.85. The van der Waals surface area contributed by atoms with Gasteiger partial charge in [-0.05, 0) is 37.6 Å². The number of fused-ring (bicyclic) bond motifs is 1. The second-order valence-electron chi connectivity index (χ2n) is 7.18. The predicted octanol–water partition coefficient (Wildman–Crippen LogP) is 2.12. The second kappa shape index (κ2) is 7.81. The minimum Gasteiger partial charge on any atom is -0.460 e. The van der Waals surface area contributed by atoms with Crippen molar-refractivity contribution in [1.29, 1.82) is 0 Å². The predicted molar refractivity (Wildman–Crippen MR) is 107 cm³/mol. The first-order valence-corrected chi connectivity index (χ1v) is 9.73. The summed E-state index contributed by atoms with van der Waals surface area (Å²) >= 11 is 0. The first-order chi connectivity index (χ1) is 14.7. The molecule has 1 aliphatic rings. The number of ether oxygens (including phenoxy) is 2. The zero-order valence-electron chi connectivity index (χ0n) is 16.5. The molecule has 10 nitrogen and oxygen atoms in total. The summed E-state index contributed by atoms with van der Waals surface area (Å²) in [4.78, 5) is 13.3. The SMILES string of the molecule is Cc1ccc(-c2nc(N)nc3c2nnn3Cc2cccc(CO[C@H]3CCOC3)n2)o1. The van der Waals surface area contributed by atoms with E-state index >= 15 is 0 Å². The maximum Gasteiger partial charge on any atom is 0.222 e. The third kappa shape index (κ3) is 3.74. The monoisotopic (exact) mass is 407 g/mol. The van der Waals surface area contributed by atoms with E-state index in [1.165, 1.54) is 0 Å². The number of nitrogens with two attached hydrogens (primary N) is 1. The molecule has 4 aromatic heterocycles. The van der Waals surface area contributed by atoms with E-state index in [0.717, 1.165) is 30.2 Å². The van der Waals surface area contributed by atoms with Gasteiger partial charge in [-0.25, -0.2) is 9.67 Å². The molecule has 10 heteroatoms. The first-order valence-electron chi connectivity index (χ1n) is 9.73. The fraction of sp³-hybridized carbons (Fsp3) is 0.350. The maximum absolute atomic E-state index is 5.94. The number of furan rings is 1. The molecule has 0 aliphatic carbocycles. The Labute approximate surface area is 172 Å². The molecule has 0 unspecified atom stereocenters. The Balaban J connectivity index is 1.40.